The first-order chi connectivity index (χ1) is 10.1. The predicted octanol–water partition coefficient (Wildman–Crippen LogP) is 3.43. The van der Waals surface area contributed by atoms with Crippen molar-refractivity contribution in [2.75, 3.05) is 0 Å². The van der Waals surface area contributed by atoms with E-state index in [0.29, 0.717) is 10.0 Å². The number of halogens is 2. The van der Waals surface area contributed by atoms with E-state index in [1.165, 1.54) is 0 Å². The molecule has 1 unspecified atom stereocenters. The van der Waals surface area contributed by atoms with E-state index >= 15 is 0 Å². The molecule has 0 bridgehead atoms. The Balaban J connectivity index is 2.16. The maximum atomic E-state index is 6.10. The van der Waals surface area contributed by atoms with Crippen molar-refractivity contribution in [3.05, 3.63) is 63.8 Å². The van der Waals surface area contributed by atoms with Crippen molar-refractivity contribution in [2.24, 2.45) is 12.9 Å². The molecule has 6 heteroatoms. The van der Waals surface area contributed by atoms with Crippen LogP contribution < -0.4 is 11.3 Å². The van der Waals surface area contributed by atoms with Crippen LogP contribution in [-0.4, -0.2) is 9.78 Å². The molecule has 0 spiro atoms. The average Bonchev–Trinajstić information content (AvgIpc) is 2.82. The lowest BCUT2D eigenvalue weighted by molar-refractivity contribution is 0.608. The molecule has 0 amide bonds. The van der Waals surface area contributed by atoms with E-state index in [-0.39, 0.29) is 6.04 Å². The molecular formula is C15H14Cl2N4. The van der Waals surface area contributed by atoms with Crippen LogP contribution in [0.3, 0.4) is 0 Å². The van der Waals surface area contributed by atoms with Gasteiger partial charge >= 0.3 is 0 Å². The number of nitrogens with zero attached hydrogens (tertiary/aromatic N) is 2. The summed E-state index contributed by atoms with van der Waals surface area (Å²) < 4.78 is 1.84. The summed E-state index contributed by atoms with van der Waals surface area (Å²) >= 11 is 12.1. The zero-order valence-corrected chi connectivity index (χ0v) is 12.9. The van der Waals surface area contributed by atoms with Gasteiger partial charge < -0.3 is 0 Å². The summed E-state index contributed by atoms with van der Waals surface area (Å²) in [6.07, 6.45) is 0. The van der Waals surface area contributed by atoms with Crippen LogP contribution in [0.2, 0.25) is 10.0 Å². The fourth-order valence-corrected chi connectivity index (χ4v) is 2.79. The van der Waals surface area contributed by atoms with Crippen LogP contribution in [0.15, 0.2) is 42.5 Å². The standard InChI is InChI=1S/C15H14Cl2N4/c1-21-13-5-3-2-4-10(13)15(20-21)14(19-18)9-6-7-11(16)12(17)8-9/h2-8,14,19H,18H2,1H3. The quantitative estimate of drug-likeness (QED) is 0.574. The number of benzene rings is 2. The molecule has 2 aromatic carbocycles. The molecule has 3 aromatic rings. The van der Waals surface area contributed by atoms with E-state index in [2.05, 4.69) is 10.5 Å². The third-order valence-electron chi connectivity index (χ3n) is 3.50. The molecule has 3 N–H and O–H groups in total. The number of hydrogen-bond donors (Lipinski definition) is 2. The number of para-hydroxylation sites is 1. The van der Waals surface area contributed by atoms with E-state index in [0.717, 1.165) is 22.2 Å². The van der Waals surface area contributed by atoms with E-state index < -0.39 is 0 Å². The lowest BCUT2D eigenvalue weighted by Gasteiger charge is -2.15. The highest BCUT2D eigenvalue weighted by atomic mass is 35.5. The highest BCUT2D eigenvalue weighted by Crippen LogP contribution is 2.31. The number of rotatable bonds is 3. The molecule has 108 valence electrons. The van der Waals surface area contributed by atoms with Crippen molar-refractivity contribution in [1.29, 1.82) is 0 Å². The van der Waals surface area contributed by atoms with Crippen molar-refractivity contribution in [3.63, 3.8) is 0 Å². The third-order valence-corrected chi connectivity index (χ3v) is 4.24. The summed E-state index contributed by atoms with van der Waals surface area (Å²) in [5, 5.41) is 6.65. The van der Waals surface area contributed by atoms with Gasteiger partial charge in [0.2, 0.25) is 0 Å². The molecule has 3 rings (SSSR count). The molecule has 0 saturated carbocycles. The van der Waals surface area contributed by atoms with Gasteiger partial charge in [-0.15, -0.1) is 0 Å². The van der Waals surface area contributed by atoms with E-state index in [1.54, 1.807) is 12.1 Å². The number of nitrogens with two attached hydrogens (primary N) is 1. The van der Waals surface area contributed by atoms with Crippen molar-refractivity contribution in [1.82, 2.24) is 15.2 Å². The first kappa shape index (κ1) is 14.4. The Kier molecular flexibility index (Phi) is 3.87. The molecule has 0 aliphatic carbocycles. The van der Waals surface area contributed by atoms with Crippen LogP contribution in [0.4, 0.5) is 0 Å². The van der Waals surface area contributed by atoms with Gasteiger partial charge in [0.05, 0.1) is 27.3 Å². The monoisotopic (exact) mass is 320 g/mol. The zero-order chi connectivity index (χ0) is 15.0. The number of fused-ring (bicyclic) bond motifs is 1. The topological polar surface area (TPSA) is 55.9 Å². The fourth-order valence-electron chi connectivity index (χ4n) is 2.48. The lowest BCUT2D eigenvalue weighted by Crippen LogP contribution is -2.29. The predicted molar refractivity (Wildman–Crippen MR) is 86.3 cm³/mol. The average molecular weight is 321 g/mol. The molecule has 0 aliphatic heterocycles. The van der Waals surface area contributed by atoms with Gasteiger partial charge in [-0.2, -0.15) is 5.10 Å². The summed E-state index contributed by atoms with van der Waals surface area (Å²) in [6.45, 7) is 0. The molecular weight excluding hydrogens is 307 g/mol. The number of nitrogens with one attached hydrogen (secondary N) is 1. The van der Waals surface area contributed by atoms with Gasteiger partial charge in [-0.1, -0.05) is 47.5 Å². The number of aryl methyl sites for hydroxylation is 1. The lowest BCUT2D eigenvalue weighted by atomic mass is 10.0. The Bertz CT molecular complexity index is 797. The van der Waals surface area contributed by atoms with E-state index in [9.17, 15) is 0 Å². The van der Waals surface area contributed by atoms with Crippen molar-refractivity contribution in [3.8, 4) is 0 Å². The first-order valence-corrected chi connectivity index (χ1v) is 7.20. The van der Waals surface area contributed by atoms with Crippen LogP contribution in [0.1, 0.15) is 17.3 Å². The molecule has 0 aliphatic rings. The van der Waals surface area contributed by atoms with Crippen molar-refractivity contribution < 1.29 is 0 Å². The van der Waals surface area contributed by atoms with Crippen LogP contribution >= 0.6 is 23.2 Å². The maximum absolute atomic E-state index is 6.10. The maximum Gasteiger partial charge on any atom is 0.0930 e. The summed E-state index contributed by atoms with van der Waals surface area (Å²) in [4.78, 5) is 0. The minimum atomic E-state index is -0.258. The summed E-state index contributed by atoms with van der Waals surface area (Å²) in [5.74, 6) is 5.75. The van der Waals surface area contributed by atoms with Gasteiger partial charge in [0.15, 0.2) is 0 Å². The Morgan fingerprint density at radius 2 is 1.90 bits per heavy atom. The smallest absolute Gasteiger partial charge is 0.0930 e. The molecule has 1 heterocycles. The number of aromatic nitrogens is 2. The zero-order valence-electron chi connectivity index (χ0n) is 11.3. The van der Waals surface area contributed by atoms with Gasteiger partial charge in [0, 0.05) is 12.4 Å². The van der Waals surface area contributed by atoms with Crippen LogP contribution in [0.25, 0.3) is 10.9 Å². The largest absolute Gasteiger partial charge is 0.271 e. The molecule has 0 radical (unpaired) electrons. The summed E-state index contributed by atoms with van der Waals surface area (Å²) in [7, 11) is 1.91. The molecule has 1 atom stereocenters. The van der Waals surface area contributed by atoms with Crippen molar-refractivity contribution in [2.45, 2.75) is 6.04 Å². The second-order valence-corrected chi connectivity index (χ2v) is 5.61. The Labute approximate surface area is 132 Å². The van der Waals surface area contributed by atoms with Gasteiger partial charge in [-0.05, 0) is 23.8 Å². The minimum absolute atomic E-state index is 0.258. The van der Waals surface area contributed by atoms with Gasteiger partial charge in [-0.25, -0.2) is 5.43 Å². The first-order valence-electron chi connectivity index (χ1n) is 6.44. The highest BCUT2D eigenvalue weighted by molar-refractivity contribution is 6.42. The van der Waals surface area contributed by atoms with Gasteiger partial charge in [0.25, 0.3) is 0 Å². The SMILES string of the molecule is Cn1nc(C(NN)c2ccc(Cl)c(Cl)c2)c2ccccc21. The molecule has 0 fully saturated rings. The minimum Gasteiger partial charge on any atom is -0.271 e. The molecule has 21 heavy (non-hydrogen) atoms. The summed E-state index contributed by atoms with van der Waals surface area (Å²) in [5.41, 5.74) is 5.63. The third kappa shape index (κ3) is 2.51. The van der Waals surface area contributed by atoms with Crippen LogP contribution in [-0.2, 0) is 7.05 Å². The Morgan fingerprint density at radius 1 is 1.14 bits per heavy atom. The van der Waals surface area contributed by atoms with Crippen LogP contribution in [0, 0.1) is 0 Å². The number of hydrogen-bond acceptors (Lipinski definition) is 3. The molecule has 4 nitrogen and oxygen atoms in total. The van der Waals surface area contributed by atoms with Crippen molar-refractivity contribution >= 4 is 34.1 Å². The fraction of sp³-hybridized carbons (Fsp3) is 0.133. The second kappa shape index (κ2) is 5.66. The highest BCUT2D eigenvalue weighted by Gasteiger charge is 2.20. The Hall–Kier alpha value is -1.59. The molecule has 1 aromatic heterocycles. The van der Waals surface area contributed by atoms with E-state index in [4.69, 9.17) is 29.0 Å². The normalized spacial score (nSPS) is 12.8. The second-order valence-electron chi connectivity index (χ2n) is 4.80. The number of hydrazine groups is 1. The molecule has 0 saturated heterocycles. The summed E-state index contributed by atoms with van der Waals surface area (Å²) in [6, 6.07) is 13.2. The van der Waals surface area contributed by atoms with Crippen LogP contribution in [0.5, 0.6) is 0 Å². The Morgan fingerprint density at radius 3 is 2.62 bits per heavy atom. The van der Waals surface area contributed by atoms with Gasteiger partial charge in [-0.3, -0.25) is 10.5 Å². The van der Waals surface area contributed by atoms with Gasteiger partial charge in [0.1, 0.15) is 0 Å². The van der Waals surface area contributed by atoms with E-state index in [1.807, 2.05) is 42.1 Å².